The van der Waals surface area contributed by atoms with Crippen LogP contribution in [-0.4, -0.2) is 31.8 Å². The van der Waals surface area contributed by atoms with Crippen LogP contribution in [0.15, 0.2) is 59.5 Å². The van der Waals surface area contributed by atoms with Gasteiger partial charge < -0.3 is 5.32 Å². The molecule has 1 amide bonds. The normalized spacial score (nSPS) is 12.2. The molecular weight excluding hydrogens is 382 g/mol. The quantitative estimate of drug-likeness (QED) is 0.509. The molecule has 2 rings (SSSR count). The number of anilines is 1. The van der Waals surface area contributed by atoms with E-state index in [2.05, 4.69) is 5.32 Å². The molecule has 1 N–H and O–H groups in total. The van der Waals surface area contributed by atoms with E-state index in [4.69, 9.17) is 0 Å². The van der Waals surface area contributed by atoms with Crippen molar-refractivity contribution in [3.05, 3.63) is 64.7 Å². The molecule has 9 heteroatoms. The zero-order chi connectivity index (χ0) is 20.7. The lowest BCUT2D eigenvalue weighted by Gasteiger charge is -2.25. The van der Waals surface area contributed by atoms with Crippen molar-refractivity contribution >= 4 is 27.3 Å². The molecule has 2 aromatic carbocycles. The predicted octanol–water partition coefficient (Wildman–Crippen LogP) is 3.09. The van der Waals surface area contributed by atoms with Crippen LogP contribution < -0.4 is 9.62 Å². The van der Waals surface area contributed by atoms with E-state index < -0.39 is 27.4 Å². The molecule has 1 atom stereocenters. The molecule has 150 valence electrons. The summed E-state index contributed by atoms with van der Waals surface area (Å²) < 4.78 is 27.2. The fraction of sp³-hybridized carbons (Fsp3) is 0.316. The van der Waals surface area contributed by atoms with Crippen LogP contribution in [0.4, 0.5) is 11.4 Å². The highest BCUT2D eigenvalue weighted by atomic mass is 32.2. The molecule has 0 radical (unpaired) electrons. The molecule has 0 heterocycles. The second kappa shape index (κ2) is 9.32. The zero-order valence-corrected chi connectivity index (χ0v) is 16.6. The number of non-ortho nitro benzene ring substituents is 1. The molecule has 0 aromatic heterocycles. The summed E-state index contributed by atoms with van der Waals surface area (Å²) in [6, 6.07) is 12.7. The highest BCUT2D eigenvalue weighted by Gasteiger charge is 2.27. The first-order valence-electron chi connectivity index (χ1n) is 8.87. The lowest BCUT2D eigenvalue weighted by molar-refractivity contribution is -0.384. The van der Waals surface area contributed by atoms with Gasteiger partial charge in [0.2, 0.25) is 5.91 Å². The number of nitrogens with zero attached hydrogens (tertiary/aromatic N) is 2. The Morgan fingerprint density at radius 2 is 1.75 bits per heavy atom. The lowest BCUT2D eigenvalue weighted by Crippen LogP contribution is -2.43. The van der Waals surface area contributed by atoms with Crippen LogP contribution in [0, 0.1) is 10.1 Å². The summed E-state index contributed by atoms with van der Waals surface area (Å²) in [7, 11) is -4.03. The minimum Gasteiger partial charge on any atom is -0.352 e. The molecule has 0 spiro atoms. The van der Waals surface area contributed by atoms with E-state index in [-0.39, 0.29) is 22.3 Å². The second-order valence-corrected chi connectivity index (χ2v) is 8.22. The molecule has 0 aliphatic rings. The summed E-state index contributed by atoms with van der Waals surface area (Å²) in [5.74, 6) is -0.446. The number of nitrogens with one attached hydrogen (secondary N) is 1. The van der Waals surface area contributed by atoms with E-state index in [9.17, 15) is 23.3 Å². The van der Waals surface area contributed by atoms with Gasteiger partial charge in [-0.15, -0.1) is 0 Å². The van der Waals surface area contributed by atoms with E-state index in [0.717, 1.165) is 17.1 Å². The molecule has 8 nitrogen and oxygen atoms in total. The van der Waals surface area contributed by atoms with Crippen molar-refractivity contribution in [2.24, 2.45) is 0 Å². The maximum atomic E-state index is 13.1. The van der Waals surface area contributed by atoms with Gasteiger partial charge >= 0.3 is 0 Å². The van der Waals surface area contributed by atoms with Gasteiger partial charge in [0, 0.05) is 18.2 Å². The number of amides is 1. The Hall–Kier alpha value is -2.94. The van der Waals surface area contributed by atoms with Crippen LogP contribution in [0.3, 0.4) is 0 Å². The molecule has 0 saturated heterocycles. The van der Waals surface area contributed by atoms with E-state index in [1.54, 1.807) is 18.2 Å². The number of carbonyl (C=O) groups excluding carboxylic acids is 1. The summed E-state index contributed by atoms with van der Waals surface area (Å²) in [4.78, 5) is 22.8. The van der Waals surface area contributed by atoms with Crippen LogP contribution in [0.5, 0.6) is 0 Å². The number of nitro benzene ring substituents is 1. The molecule has 2 aromatic rings. The number of hydrogen-bond donors (Lipinski definition) is 1. The van der Waals surface area contributed by atoms with Gasteiger partial charge in [0.25, 0.3) is 15.7 Å². The second-order valence-electron chi connectivity index (χ2n) is 6.36. The number of nitro groups is 1. The monoisotopic (exact) mass is 405 g/mol. The third-order valence-corrected chi connectivity index (χ3v) is 5.88. The fourth-order valence-electron chi connectivity index (χ4n) is 2.73. The van der Waals surface area contributed by atoms with Crippen molar-refractivity contribution in [1.29, 1.82) is 0 Å². The first-order chi connectivity index (χ1) is 13.3. The highest BCUT2D eigenvalue weighted by molar-refractivity contribution is 7.92. The van der Waals surface area contributed by atoms with Crippen molar-refractivity contribution in [2.75, 3.05) is 10.8 Å². The summed E-state index contributed by atoms with van der Waals surface area (Å²) in [6.07, 6.45) is 1.66. The smallest absolute Gasteiger partial charge is 0.269 e. The van der Waals surface area contributed by atoms with E-state index >= 15 is 0 Å². The largest absolute Gasteiger partial charge is 0.352 e. The van der Waals surface area contributed by atoms with E-state index in [0.29, 0.717) is 0 Å². The molecule has 0 aliphatic carbocycles. The van der Waals surface area contributed by atoms with Crippen LogP contribution in [0.1, 0.15) is 26.7 Å². The third-order valence-electron chi connectivity index (χ3n) is 4.10. The first-order valence-corrected chi connectivity index (χ1v) is 10.3. The Morgan fingerprint density at radius 3 is 2.29 bits per heavy atom. The lowest BCUT2D eigenvalue weighted by atomic mass is 10.2. The van der Waals surface area contributed by atoms with Gasteiger partial charge in [0.05, 0.1) is 15.5 Å². The molecule has 0 aliphatic heterocycles. The van der Waals surface area contributed by atoms with Gasteiger partial charge in [-0.25, -0.2) is 8.42 Å². The van der Waals surface area contributed by atoms with Crippen molar-refractivity contribution in [2.45, 2.75) is 37.6 Å². The first kappa shape index (κ1) is 21.4. The molecule has 0 bridgehead atoms. The van der Waals surface area contributed by atoms with Gasteiger partial charge in [-0.3, -0.25) is 19.2 Å². The van der Waals surface area contributed by atoms with Crippen LogP contribution in [0.2, 0.25) is 0 Å². The number of carbonyl (C=O) groups is 1. The molecule has 28 heavy (non-hydrogen) atoms. The van der Waals surface area contributed by atoms with Crippen LogP contribution >= 0.6 is 0 Å². The van der Waals surface area contributed by atoms with Crippen molar-refractivity contribution in [1.82, 2.24) is 5.32 Å². The average molecular weight is 405 g/mol. The summed E-state index contributed by atoms with van der Waals surface area (Å²) in [6.45, 7) is 3.41. The minimum atomic E-state index is -4.03. The molecule has 0 unspecified atom stereocenters. The third kappa shape index (κ3) is 5.29. The van der Waals surface area contributed by atoms with Gasteiger partial charge in [-0.1, -0.05) is 31.5 Å². The maximum Gasteiger partial charge on any atom is 0.269 e. The molecular formula is C19H23N3O5S. The predicted molar refractivity (Wildman–Crippen MR) is 107 cm³/mol. The van der Waals surface area contributed by atoms with Gasteiger partial charge in [-0.2, -0.15) is 0 Å². The van der Waals surface area contributed by atoms with Crippen molar-refractivity contribution in [3.63, 3.8) is 0 Å². The van der Waals surface area contributed by atoms with E-state index in [1.807, 2.05) is 13.8 Å². The number of sulfonamides is 1. The topological polar surface area (TPSA) is 110 Å². The standard InChI is InChI=1S/C19H23N3O5S/c1-3-7-15(2)20-19(23)14-21(16-10-12-17(13-11-16)22(24)25)28(26,27)18-8-5-4-6-9-18/h4-6,8-13,15H,3,7,14H2,1-2H3,(H,20,23)/t15-/m0/s1. The van der Waals surface area contributed by atoms with Gasteiger partial charge in [0.1, 0.15) is 6.54 Å². The van der Waals surface area contributed by atoms with Gasteiger partial charge in [-0.05, 0) is 37.6 Å². The van der Waals surface area contributed by atoms with Crippen molar-refractivity contribution < 1.29 is 18.1 Å². The summed E-state index contributed by atoms with van der Waals surface area (Å²) >= 11 is 0. The number of hydrogen-bond acceptors (Lipinski definition) is 5. The van der Waals surface area contributed by atoms with Crippen LogP contribution in [0.25, 0.3) is 0 Å². The minimum absolute atomic E-state index is 0.0303. The zero-order valence-electron chi connectivity index (χ0n) is 15.7. The Bertz CT molecular complexity index is 914. The summed E-state index contributed by atoms with van der Waals surface area (Å²) in [5, 5.41) is 13.7. The van der Waals surface area contributed by atoms with Gasteiger partial charge in [0.15, 0.2) is 0 Å². The Kier molecular flexibility index (Phi) is 7.11. The highest BCUT2D eigenvalue weighted by Crippen LogP contribution is 2.25. The van der Waals surface area contributed by atoms with Crippen molar-refractivity contribution in [3.8, 4) is 0 Å². The Morgan fingerprint density at radius 1 is 1.14 bits per heavy atom. The SMILES string of the molecule is CCC[C@H](C)NC(=O)CN(c1ccc([N+](=O)[O-])cc1)S(=O)(=O)c1ccccc1. The van der Waals surface area contributed by atoms with Crippen LogP contribution in [-0.2, 0) is 14.8 Å². The number of rotatable bonds is 9. The average Bonchev–Trinajstić information content (AvgIpc) is 2.67. The summed E-state index contributed by atoms with van der Waals surface area (Å²) in [5.41, 5.74) is 0.00887. The molecule has 0 fully saturated rings. The Balaban J connectivity index is 2.38. The van der Waals surface area contributed by atoms with E-state index in [1.165, 1.54) is 36.4 Å². The number of benzene rings is 2. The molecule has 0 saturated carbocycles. The maximum absolute atomic E-state index is 13.1. The fourth-order valence-corrected chi connectivity index (χ4v) is 4.17. The Labute approximate surface area is 164 Å².